The first kappa shape index (κ1) is 19.9. The van der Waals surface area contributed by atoms with Crippen LogP contribution in [0.3, 0.4) is 0 Å². The number of aromatic nitrogens is 5. The maximum Gasteiger partial charge on any atom is 0.273 e. The fraction of sp³-hybridized carbons (Fsp3) is 0.333. The van der Waals surface area contributed by atoms with Crippen LogP contribution in [0.25, 0.3) is 11.3 Å². The van der Waals surface area contributed by atoms with Crippen molar-refractivity contribution in [2.45, 2.75) is 19.4 Å². The minimum atomic E-state index is -0.398. The Labute approximate surface area is 184 Å². The molecular weight excluding hydrogens is 410 g/mol. The topological polar surface area (TPSA) is 130 Å². The smallest absolute Gasteiger partial charge is 0.273 e. The molecule has 11 nitrogen and oxygen atoms in total. The molecule has 1 saturated carbocycles. The Balaban J connectivity index is 1.55. The van der Waals surface area contributed by atoms with Crippen molar-refractivity contribution in [3.63, 3.8) is 0 Å². The van der Waals surface area contributed by atoms with Crippen LogP contribution in [0.5, 0.6) is 0 Å². The fourth-order valence-corrected chi connectivity index (χ4v) is 3.87. The van der Waals surface area contributed by atoms with Crippen molar-refractivity contribution >= 4 is 34.8 Å². The summed E-state index contributed by atoms with van der Waals surface area (Å²) in [5.74, 6) is 0.373. The molecule has 3 aromatic rings. The van der Waals surface area contributed by atoms with Crippen LogP contribution in [-0.2, 0) is 18.4 Å². The number of carbonyl (C=O) groups is 2. The minimum absolute atomic E-state index is 0.0239. The van der Waals surface area contributed by atoms with Crippen molar-refractivity contribution in [1.29, 1.82) is 0 Å². The number of carbonyl (C=O) groups excluding carboxylic acids is 2. The lowest BCUT2D eigenvalue weighted by Gasteiger charge is -2.28. The molecule has 0 spiro atoms. The van der Waals surface area contributed by atoms with E-state index in [1.165, 1.54) is 7.05 Å². The summed E-state index contributed by atoms with van der Waals surface area (Å²) in [4.78, 5) is 31.2. The normalized spacial score (nSPS) is 14.4. The third-order valence-electron chi connectivity index (χ3n) is 5.56. The van der Waals surface area contributed by atoms with Crippen molar-refractivity contribution in [3.05, 3.63) is 35.8 Å². The lowest BCUT2D eigenvalue weighted by Crippen LogP contribution is -2.24. The van der Waals surface area contributed by atoms with E-state index in [1.807, 2.05) is 26.4 Å². The zero-order valence-corrected chi connectivity index (χ0v) is 18.0. The molecule has 0 aromatic carbocycles. The molecule has 5 rings (SSSR count). The second-order valence-electron chi connectivity index (χ2n) is 8.05. The van der Waals surface area contributed by atoms with Gasteiger partial charge in [0.25, 0.3) is 5.91 Å². The molecule has 0 atom stereocenters. The van der Waals surface area contributed by atoms with Crippen molar-refractivity contribution in [2.75, 3.05) is 29.6 Å². The maximum atomic E-state index is 12.4. The van der Waals surface area contributed by atoms with E-state index in [2.05, 4.69) is 41.1 Å². The van der Waals surface area contributed by atoms with Crippen LogP contribution in [0.15, 0.2) is 24.5 Å². The van der Waals surface area contributed by atoms with Crippen LogP contribution in [0.1, 0.15) is 28.9 Å². The Morgan fingerprint density at radius 3 is 2.75 bits per heavy atom. The van der Waals surface area contributed by atoms with Gasteiger partial charge in [-0.2, -0.15) is 5.10 Å². The summed E-state index contributed by atoms with van der Waals surface area (Å²) < 4.78 is 1.80. The molecule has 2 aliphatic rings. The molecule has 164 valence electrons. The minimum Gasteiger partial charge on any atom is -0.367 e. The van der Waals surface area contributed by atoms with E-state index in [-0.39, 0.29) is 23.3 Å². The highest BCUT2D eigenvalue weighted by Crippen LogP contribution is 2.42. The lowest BCUT2D eigenvalue weighted by molar-refractivity contribution is -0.117. The molecule has 11 heteroatoms. The number of pyridine rings is 1. The summed E-state index contributed by atoms with van der Waals surface area (Å²) in [5.41, 5.74) is 4.34. The maximum absolute atomic E-state index is 12.4. The van der Waals surface area contributed by atoms with E-state index in [0.29, 0.717) is 18.1 Å². The van der Waals surface area contributed by atoms with Gasteiger partial charge in [0, 0.05) is 63.2 Å². The Morgan fingerprint density at radius 2 is 2.00 bits per heavy atom. The highest BCUT2D eigenvalue weighted by molar-refractivity contribution is 6.00. The molecule has 2 amide bonds. The van der Waals surface area contributed by atoms with Crippen LogP contribution in [0, 0.1) is 5.92 Å². The van der Waals surface area contributed by atoms with Crippen molar-refractivity contribution in [1.82, 2.24) is 30.3 Å². The molecular formula is C21H23N9O2. The first-order valence-electron chi connectivity index (χ1n) is 10.4. The summed E-state index contributed by atoms with van der Waals surface area (Å²) in [6, 6.07) is 3.53. The number of hydrogen-bond donors (Lipinski definition) is 3. The molecule has 0 unspecified atom stereocenters. The van der Waals surface area contributed by atoms with Gasteiger partial charge in [0.1, 0.15) is 0 Å². The SMILES string of the molecule is CNC(=O)c1nnc(NC(=O)C2CC2)cc1Nc1nccc2c1N(C)Cc1cn(C)nc1-2. The summed E-state index contributed by atoms with van der Waals surface area (Å²) >= 11 is 0. The van der Waals surface area contributed by atoms with E-state index in [1.54, 1.807) is 16.9 Å². The molecule has 3 aromatic heterocycles. The van der Waals surface area contributed by atoms with Gasteiger partial charge >= 0.3 is 0 Å². The molecule has 1 aliphatic carbocycles. The van der Waals surface area contributed by atoms with Crippen LogP contribution in [-0.4, -0.2) is 50.9 Å². The summed E-state index contributed by atoms with van der Waals surface area (Å²) in [7, 11) is 5.40. The highest BCUT2D eigenvalue weighted by Gasteiger charge is 2.30. The molecule has 0 bridgehead atoms. The number of anilines is 4. The molecule has 32 heavy (non-hydrogen) atoms. The van der Waals surface area contributed by atoms with Gasteiger partial charge < -0.3 is 20.9 Å². The molecule has 3 N–H and O–H groups in total. The van der Waals surface area contributed by atoms with Gasteiger partial charge in [-0.15, -0.1) is 10.2 Å². The monoisotopic (exact) mass is 433 g/mol. The fourth-order valence-electron chi connectivity index (χ4n) is 3.87. The van der Waals surface area contributed by atoms with Crippen molar-refractivity contribution < 1.29 is 9.59 Å². The first-order valence-corrected chi connectivity index (χ1v) is 10.4. The van der Waals surface area contributed by atoms with Gasteiger partial charge in [-0.3, -0.25) is 14.3 Å². The van der Waals surface area contributed by atoms with E-state index >= 15 is 0 Å². The van der Waals surface area contributed by atoms with Gasteiger partial charge in [-0.1, -0.05) is 0 Å². The number of amides is 2. The Hall–Kier alpha value is -4.02. The molecule has 1 fully saturated rings. The van der Waals surface area contributed by atoms with Gasteiger partial charge in [0.15, 0.2) is 17.3 Å². The van der Waals surface area contributed by atoms with Crippen LogP contribution < -0.4 is 20.9 Å². The predicted octanol–water partition coefficient (Wildman–Crippen LogP) is 1.67. The van der Waals surface area contributed by atoms with Gasteiger partial charge in [-0.05, 0) is 18.9 Å². The predicted molar refractivity (Wildman–Crippen MR) is 119 cm³/mol. The molecule has 0 radical (unpaired) electrons. The second kappa shape index (κ2) is 7.59. The average molecular weight is 433 g/mol. The summed E-state index contributed by atoms with van der Waals surface area (Å²) in [6.45, 7) is 0.677. The quantitative estimate of drug-likeness (QED) is 0.554. The average Bonchev–Trinajstić information content (AvgIpc) is 3.56. The third kappa shape index (κ3) is 3.51. The van der Waals surface area contributed by atoms with E-state index in [4.69, 9.17) is 0 Å². The van der Waals surface area contributed by atoms with Gasteiger partial charge in [0.05, 0.1) is 17.1 Å². The number of nitrogens with one attached hydrogen (secondary N) is 3. The van der Waals surface area contributed by atoms with Gasteiger partial charge in [0.2, 0.25) is 5.91 Å². The summed E-state index contributed by atoms with van der Waals surface area (Å²) in [5, 5.41) is 21.2. The summed E-state index contributed by atoms with van der Waals surface area (Å²) in [6.07, 6.45) is 5.46. The first-order chi connectivity index (χ1) is 15.4. The standard InChI is InChI=1S/C21H23N9O2/c1-22-21(32)17-14(8-15(26-27-17)25-20(31)11-4-5-11)24-19-18-13(6-7-23-19)16-12(9-29(18)2)10-30(3)28-16/h6-8,10-11H,4-5,9H2,1-3H3,(H,22,32)(H2,23,24,25,26,31). The number of aryl methyl sites for hydroxylation is 1. The van der Waals surface area contributed by atoms with Crippen molar-refractivity contribution in [3.8, 4) is 11.3 Å². The molecule has 4 heterocycles. The van der Waals surface area contributed by atoms with E-state index in [0.717, 1.165) is 35.3 Å². The highest BCUT2D eigenvalue weighted by atomic mass is 16.2. The van der Waals surface area contributed by atoms with Crippen molar-refractivity contribution in [2.24, 2.45) is 13.0 Å². The second-order valence-corrected chi connectivity index (χ2v) is 8.05. The zero-order valence-electron chi connectivity index (χ0n) is 18.0. The molecule has 1 aliphatic heterocycles. The van der Waals surface area contributed by atoms with E-state index < -0.39 is 5.91 Å². The Bertz CT molecular complexity index is 1230. The zero-order chi connectivity index (χ0) is 22.4. The number of rotatable bonds is 5. The lowest BCUT2D eigenvalue weighted by atomic mass is 10.0. The number of nitrogens with zero attached hydrogens (tertiary/aromatic N) is 6. The van der Waals surface area contributed by atoms with Crippen LogP contribution in [0.2, 0.25) is 0 Å². The largest absolute Gasteiger partial charge is 0.367 e. The van der Waals surface area contributed by atoms with Crippen LogP contribution >= 0.6 is 0 Å². The Morgan fingerprint density at radius 1 is 1.19 bits per heavy atom. The number of fused-ring (bicyclic) bond motifs is 3. The van der Waals surface area contributed by atoms with Gasteiger partial charge in [-0.25, -0.2) is 4.98 Å². The number of hydrogen-bond acceptors (Lipinski definition) is 8. The molecule has 0 saturated heterocycles. The van der Waals surface area contributed by atoms with Crippen LogP contribution in [0.4, 0.5) is 23.0 Å². The Kier molecular flexibility index (Phi) is 4.72. The van der Waals surface area contributed by atoms with E-state index in [9.17, 15) is 9.59 Å². The third-order valence-corrected chi connectivity index (χ3v) is 5.56.